The van der Waals surface area contributed by atoms with Gasteiger partial charge in [0.05, 0.1) is 4.90 Å². The first-order chi connectivity index (χ1) is 12.3. The number of carbonyl (C=O) groups is 1. The van der Waals surface area contributed by atoms with Gasteiger partial charge in [-0.25, -0.2) is 13.1 Å². The Morgan fingerprint density at radius 1 is 1.15 bits per heavy atom. The molecule has 0 fully saturated rings. The molecule has 0 spiro atoms. The van der Waals surface area contributed by atoms with Crippen molar-refractivity contribution in [3.05, 3.63) is 59.7 Å². The first-order valence-electron chi connectivity index (χ1n) is 7.67. The fourth-order valence-corrected chi connectivity index (χ4v) is 2.96. The van der Waals surface area contributed by atoms with Gasteiger partial charge in [-0.3, -0.25) is 4.79 Å². The second kappa shape index (κ2) is 8.72. The Hall–Kier alpha value is -2.52. The molecule has 0 unspecified atom stereocenters. The standard InChI is InChI=1S/C17H18F2N2O4S/c1-20-26(23,24)15-4-2-3-13(11-15)16(22)21-10-9-12-5-7-14(8-6-12)25-17(18)19/h2-8,11,17,20H,9-10H2,1H3,(H,21,22). The molecule has 0 atom stereocenters. The van der Waals surface area contributed by atoms with Gasteiger partial charge in [0.25, 0.3) is 5.91 Å². The number of nitrogens with one attached hydrogen (secondary N) is 2. The molecule has 1 amide bonds. The van der Waals surface area contributed by atoms with Crippen LogP contribution in [-0.4, -0.2) is 34.5 Å². The predicted molar refractivity (Wildman–Crippen MR) is 91.8 cm³/mol. The Balaban J connectivity index is 1.92. The Morgan fingerprint density at radius 2 is 1.85 bits per heavy atom. The minimum Gasteiger partial charge on any atom is -0.435 e. The summed E-state index contributed by atoms with van der Waals surface area (Å²) < 4.78 is 54.2. The number of ether oxygens (including phenoxy) is 1. The average molecular weight is 384 g/mol. The lowest BCUT2D eigenvalue weighted by Gasteiger charge is -2.08. The summed E-state index contributed by atoms with van der Waals surface area (Å²) in [5.41, 5.74) is 1.06. The molecule has 0 saturated carbocycles. The zero-order valence-electron chi connectivity index (χ0n) is 13.9. The van der Waals surface area contributed by atoms with Crippen LogP contribution < -0.4 is 14.8 Å². The first-order valence-corrected chi connectivity index (χ1v) is 9.15. The zero-order chi connectivity index (χ0) is 19.2. The highest BCUT2D eigenvalue weighted by Crippen LogP contribution is 2.15. The van der Waals surface area contributed by atoms with Crippen molar-refractivity contribution in [2.24, 2.45) is 0 Å². The lowest BCUT2D eigenvalue weighted by molar-refractivity contribution is -0.0498. The van der Waals surface area contributed by atoms with Gasteiger partial charge < -0.3 is 10.1 Å². The van der Waals surface area contributed by atoms with Crippen LogP contribution in [0.25, 0.3) is 0 Å². The van der Waals surface area contributed by atoms with Gasteiger partial charge in [-0.1, -0.05) is 18.2 Å². The van der Waals surface area contributed by atoms with E-state index >= 15 is 0 Å². The third-order valence-electron chi connectivity index (χ3n) is 3.52. The lowest BCUT2D eigenvalue weighted by Crippen LogP contribution is -2.26. The third-order valence-corrected chi connectivity index (χ3v) is 4.94. The topological polar surface area (TPSA) is 84.5 Å². The fourth-order valence-electron chi connectivity index (χ4n) is 2.18. The molecule has 6 nitrogen and oxygen atoms in total. The van der Waals surface area contributed by atoms with Crippen LogP contribution in [0.1, 0.15) is 15.9 Å². The summed E-state index contributed by atoms with van der Waals surface area (Å²) in [6, 6.07) is 11.8. The van der Waals surface area contributed by atoms with Crippen molar-refractivity contribution in [2.45, 2.75) is 17.9 Å². The van der Waals surface area contributed by atoms with Crippen molar-refractivity contribution in [3.8, 4) is 5.75 Å². The Bertz CT molecular complexity index is 855. The van der Waals surface area contributed by atoms with Gasteiger partial charge in [0.1, 0.15) is 5.75 Å². The Kier molecular flexibility index (Phi) is 6.64. The molecule has 0 saturated heterocycles. The van der Waals surface area contributed by atoms with Gasteiger partial charge in [-0.05, 0) is 49.4 Å². The van der Waals surface area contributed by atoms with Crippen LogP contribution in [0.15, 0.2) is 53.4 Å². The summed E-state index contributed by atoms with van der Waals surface area (Å²) in [6.45, 7) is -2.57. The van der Waals surface area contributed by atoms with Crippen LogP contribution in [0.2, 0.25) is 0 Å². The minimum absolute atomic E-state index is 0.00210. The number of hydrogen-bond donors (Lipinski definition) is 2. The highest BCUT2D eigenvalue weighted by atomic mass is 32.2. The third kappa shape index (κ3) is 5.50. The van der Waals surface area contributed by atoms with E-state index in [-0.39, 0.29) is 16.2 Å². The van der Waals surface area contributed by atoms with Gasteiger partial charge in [-0.15, -0.1) is 0 Å². The fraction of sp³-hybridized carbons (Fsp3) is 0.235. The second-order valence-electron chi connectivity index (χ2n) is 5.26. The molecule has 2 rings (SSSR count). The molecule has 2 N–H and O–H groups in total. The Morgan fingerprint density at radius 3 is 2.46 bits per heavy atom. The summed E-state index contributed by atoms with van der Waals surface area (Å²) in [6.07, 6.45) is 0.481. The number of hydrogen-bond acceptors (Lipinski definition) is 4. The van der Waals surface area contributed by atoms with Crippen molar-refractivity contribution in [2.75, 3.05) is 13.6 Å². The van der Waals surface area contributed by atoms with Crippen LogP contribution in [0, 0.1) is 0 Å². The van der Waals surface area contributed by atoms with E-state index in [0.717, 1.165) is 5.56 Å². The summed E-state index contributed by atoms with van der Waals surface area (Å²) in [4.78, 5) is 12.2. The molecule has 26 heavy (non-hydrogen) atoms. The number of rotatable bonds is 8. The Labute approximate surface area is 150 Å². The van der Waals surface area contributed by atoms with Crippen LogP contribution in [0.4, 0.5) is 8.78 Å². The molecular formula is C17H18F2N2O4S. The van der Waals surface area contributed by atoms with E-state index in [2.05, 4.69) is 14.8 Å². The number of benzene rings is 2. The van der Waals surface area contributed by atoms with Crippen molar-refractivity contribution in [1.82, 2.24) is 10.0 Å². The van der Waals surface area contributed by atoms with E-state index in [9.17, 15) is 22.0 Å². The normalized spacial score (nSPS) is 11.4. The van der Waals surface area contributed by atoms with Crippen molar-refractivity contribution in [1.29, 1.82) is 0 Å². The molecule has 0 aliphatic rings. The maximum atomic E-state index is 12.1. The molecule has 0 aliphatic heterocycles. The highest BCUT2D eigenvalue weighted by molar-refractivity contribution is 7.89. The molecule has 2 aromatic carbocycles. The molecular weight excluding hydrogens is 366 g/mol. The van der Waals surface area contributed by atoms with Crippen LogP contribution in [0.5, 0.6) is 5.75 Å². The second-order valence-corrected chi connectivity index (χ2v) is 7.15. The van der Waals surface area contributed by atoms with Gasteiger partial charge in [0.15, 0.2) is 0 Å². The summed E-state index contributed by atoms with van der Waals surface area (Å²) in [5, 5.41) is 2.69. The van der Waals surface area contributed by atoms with E-state index in [0.29, 0.717) is 13.0 Å². The number of carbonyl (C=O) groups excluding carboxylic acids is 1. The molecule has 9 heteroatoms. The monoisotopic (exact) mass is 384 g/mol. The number of alkyl halides is 2. The smallest absolute Gasteiger partial charge is 0.387 e. The van der Waals surface area contributed by atoms with Crippen LogP contribution in [-0.2, 0) is 16.4 Å². The van der Waals surface area contributed by atoms with Crippen LogP contribution >= 0.6 is 0 Å². The van der Waals surface area contributed by atoms with Gasteiger partial charge in [0.2, 0.25) is 10.0 Å². The molecule has 0 radical (unpaired) electrons. The van der Waals surface area contributed by atoms with E-state index in [4.69, 9.17) is 0 Å². The zero-order valence-corrected chi connectivity index (χ0v) is 14.7. The van der Waals surface area contributed by atoms with Crippen molar-refractivity contribution < 1.29 is 26.7 Å². The SMILES string of the molecule is CNS(=O)(=O)c1cccc(C(=O)NCCc2ccc(OC(F)F)cc2)c1. The van der Waals surface area contributed by atoms with Crippen molar-refractivity contribution >= 4 is 15.9 Å². The molecule has 0 aliphatic carbocycles. The summed E-state index contributed by atoms with van der Waals surface area (Å²) in [5.74, 6) is -0.342. The molecule has 2 aromatic rings. The lowest BCUT2D eigenvalue weighted by atomic mass is 10.1. The summed E-state index contributed by atoms with van der Waals surface area (Å²) in [7, 11) is -2.33. The minimum atomic E-state index is -3.63. The average Bonchev–Trinajstić information content (AvgIpc) is 2.62. The van der Waals surface area contributed by atoms with Crippen molar-refractivity contribution in [3.63, 3.8) is 0 Å². The molecule has 140 valence electrons. The number of sulfonamides is 1. The van der Waals surface area contributed by atoms with E-state index in [1.54, 1.807) is 12.1 Å². The maximum Gasteiger partial charge on any atom is 0.387 e. The van der Waals surface area contributed by atoms with Gasteiger partial charge in [-0.2, -0.15) is 8.78 Å². The predicted octanol–water partition coefficient (Wildman–Crippen LogP) is 2.17. The van der Waals surface area contributed by atoms with E-state index < -0.39 is 22.5 Å². The summed E-state index contributed by atoms with van der Waals surface area (Å²) >= 11 is 0. The number of amides is 1. The van der Waals surface area contributed by atoms with Crippen LogP contribution in [0.3, 0.4) is 0 Å². The van der Waals surface area contributed by atoms with Gasteiger partial charge in [0, 0.05) is 12.1 Å². The quantitative estimate of drug-likeness (QED) is 0.731. The highest BCUT2D eigenvalue weighted by Gasteiger charge is 2.14. The first kappa shape index (κ1) is 19.8. The number of halogens is 2. The molecule has 0 bridgehead atoms. The largest absolute Gasteiger partial charge is 0.435 e. The van der Waals surface area contributed by atoms with E-state index in [1.807, 2.05) is 0 Å². The molecule has 0 aromatic heterocycles. The van der Waals surface area contributed by atoms with E-state index in [1.165, 1.54) is 43.4 Å². The maximum absolute atomic E-state index is 12.1. The van der Waals surface area contributed by atoms with Gasteiger partial charge >= 0.3 is 6.61 Å². The molecule has 0 heterocycles.